The number of aromatic nitrogens is 2. The van der Waals surface area contributed by atoms with Gasteiger partial charge in [0, 0.05) is 18.5 Å². The molecule has 1 atom stereocenters. The van der Waals surface area contributed by atoms with Crippen molar-refractivity contribution in [2.45, 2.75) is 38.0 Å². The fraction of sp³-hybridized carbons (Fsp3) is 0.800. The van der Waals surface area contributed by atoms with Gasteiger partial charge in [0.05, 0.1) is 19.1 Å². The lowest BCUT2D eigenvalue weighted by molar-refractivity contribution is -0.124. The van der Waals surface area contributed by atoms with Gasteiger partial charge >= 0.3 is 0 Å². The summed E-state index contributed by atoms with van der Waals surface area (Å²) in [7, 11) is 0. The lowest BCUT2D eigenvalue weighted by atomic mass is 9.55. The number of anilines is 1. The van der Waals surface area contributed by atoms with Crippen molar-refractivity contribution < 1.29 is 14.1 Å². The molecular formula is C15H21N3O3. The molecule has 2 bridgehead atoms. The van der Waals surface area contributed by atoms with Crippen LogP contribution in [0.1, 0.15) is 43.9 Å². The van der Waals surface area contributed by atoms with Crippen LogP contribution in [0.4, 0.5) is 5.95 Å². The van der Waals surface area contributed by atoms with Gasteiger partial charge in [0.1, 0.15) is 6.29 Å². The second-order valence-corrected chi connectivity index (χ2v) is 6.61. The second-order valence-electron chi connectivity index (χ2n) is 6.61. The van der Waals surface area contributed by atoms with E-state index in [1.807, 2.05) is 0 Å². The van der Waals surface area contributed by atoms with Crippen molar-refractivity contribution in [1.29, 1.82) is 0 Å². The molecule has 4 fully saturated rings. The van der Waals surface area contributed by atoms with E-state index in [-0.39, 0.29) is 11.3 Å². The van der Waals surface area contributed by atoms with Crippen LogP contribution in [-0.2, 0) is 9.53 Å². The number of ether oxygens (including phenoxy) is 1. The summed E-state index contributed by atoms with van der Waals surface area (Å²) in [5, 5.41) is 4.13. The zero-order valence-corrected chi connectivity index (χ0v) is 12.2. The predicted molar refractivity (Wildman–Crippen MR) is 75.1 cm³/mol. The van der Waals surface area contributed by atoms with Gasteiger partial charge in [-0.1, -0.05) is 0 Å². The van der Waals surface area contributed by atoms with Crippen LogP contribution in [0.2, 0.25) is 0 Å². The molecule has 4 aliphatic rings. The topological polar surface area (TPSA) is 68.5 Å². The molecule has 2 heterocycles. The van der Waals surface area contributed by atoms with Gasteiger partial charge in [-0.3, -0.25) is 0 Å². The summed E-state index contributed by atoms with van der Waals surface area (Å²) in [6, 6.07) is 0. The summed E-state index contributed by atoms with van der Waals surface area (Å²) >= 11 is 0. The first kappa shape index (κ1) is 13.2. The molecule has 5 rings (SSSR count). The third kappa shape index (κ3) is 2.16. The number of hydrogen-bond acceptors (Lipinski definition) is 6. The molecule has 1 unspecified atom stereocenters. The fourth-order valence-electron chi connectivity index (χ4n) is 4.17. The molecule has 3 aliphatic carbocycles. The van der Waals surface area contributed by atoms with Gasteiger partial charge in [-0.25, -0.2) is 0 Å². The number of carbonyl (C=O) groups is 1. The summed E-state index contributed by atoms with van der Waals surface area (Å²) in [5.41, 5.74) is -0.260. The van der Waals surface area contributed by atoms with E-state index in [0.717, 1.165) is 44.6 Å². The highest BCUT2D eigenvalue weighted by Gasteiger charge is 2.50. The minimum Gasteiger partial charge on any atom is -0.378 e. The number of carbonyl (C=O) groups excluding carboxylic acids is 1. The van der Waals surface area contributed by atoms with Gasteiger partial charge in [-0.05, 0) is 43.2 Å². The average Bonchev–Trinajstić information content (AvgIpc) is 3.06. The summed E-state index contributed by atoms with van der Waals surface area (Å²) in [4.78, 5) is 18.4. The van der Waals surface area contributed by atoms with Crippen LogP contribution in [0.25, 0.3) is 0 Å². The lowest BCUT2D eigenvalue weighted by Gasteiger charge is -2.47. The van der Waals surface area contributed by atoms with Gasteiger partial charge < -0.3 is 19.0 Å². The van der Waals surface area contributed by atoms with Crippen molar-refractivity contribution in [2.75, 3.05) is 31.2 Å². The molecular weight excluding hydrogens is 270 g/mol. The third-order valence-corrected chi connectivity index (χ3v) is 5.56. The highest BCUT2D eigenvalue weighted by Crippen LogP contribution is 2.56. The molecule has 3 saturated carbocycles. The highest BCUT2D eigenvalue weighted by molar-refractivity contribution is 5.62. The molecule has 0 aromatic carbocycles. The quantitative estimate of drug-likeness (QED) is 0.791. The van der Waals surface area contributed by atoms with Crippen LogP contribution in [0.3, 0.4) is 0 Å². The highest BCUT2D eigenvalue weighted by atomic mass is 16.5. The van der Waals surface area contributed by atoms with Crippen molar-refractivity contribution in [3.8, 4) is 0 Å². The van der Waals surface area contributed by atoms with Crippen molar-refractivity contribution in [2.24, 2.45) is 11.3 Å². The van der Waals surface area contributed by atoms with Crippen LogP contribution < -0.4 is 4.90 Å². The van der Waals surface area contributed by atoms with E-state index in [2.05, 4.69) is 15.0 Å². The Kier molecular flexibility index (Phi) is 3.21. The average molecular weight is 291 g/mol. The van der Waals surface area contributed by atoms with Crippen molar-refractivity contribution in [3.05, 3.63) is 5.89 Å². The maximum absolute atomic E-state index is 11.7. The Balaban J connectivity index is 1.58. The molecule has 1 aromatic rings. The van der Waals surface area contributed by atoms with Crippen LogP contribution >= 0.6 is 0 Å². The van der Waals surface area contributed by atoms with Gasteiger partial charge in [-0.2, -0.15) is 4.98 Å². The van der Waals surface area contributed by atoms with Crippen LogP contribution in [0.5, 0.6) is 0 Å². The van der Waals surface area contributed by atoms with Gasteiger partial charge in [-0.15, -0.1) is 0 Å². The molecule has 1 aliphatic heterocycles. The van der Waals surface area contributed by atoms with E-state index < -0.39 is 0 Å². The molecule has 6 heteroatoms. The Hall–Kier alpha value is -1.43. The normalized spacial score (nSPS) is 35.9. The van der Waals surface area contributed by atoms with Gasteiger partial charge in [0.2, 0.25) is 5.89 Å². The van der Waals surface area contributed by atoms with Crippen molar-refractivity contribution in [3.63, 3.8) is 0 Å². The smallest absolute Gasteiger partial charge is 0.266 e. The lowest BCUT2D eigenvalue weighted by Crippen LogP contribution is -2.42. The maximum atomic E-state index is 11.7. The molecule has 21 heavy (non-hydrogen) atoms. The molecule has 0 amide bonds. The first-order chi connectivity index (χ1) is 10.3. The van der Waals surface area contributed by atoms with Crippen LogP contribution in [0.15, 0.2) is 4.52 Å². The van der Waals surface area contributed by atoms with E-state index in [0.29, 0.717) is 25.1 Å². The van der Waals surface area contributed by atoms with Crippen molar-refractivity contribution >= 4 is 12.2 Å². The van der Waals surface area contributed by atoms with Crippen LogP contribution in [0, 0.1) is 11.3 Å². The zero-order valence-electron chi connectivity index (χ0n) is 12.2. The second kappa shape index (κ2) is 5.09. The fourth-order valence-corrected chi connectivity index (χ4v) is 4.17. The number of fused-ring (bicyclic) bond motifs is 3. The Morgan fingerprint density at radius 3 is 2.71 bits per heavy atom. The van der Waals surface area contributed by atoms with E-state index in [4.69, 9.17) is 9.26 Å². The van der Waals surface area contributed by atoms with Gasteiger partial charge in [0.15, 0.2) is 0 Å². The number of hydrogen-bond donors (Lipinski definition) is 0. The molecule has 0 radical (unpaired) electrons. The number of nitrogens with zero attached hydrogens (tertiary/aromatic N) is 3. The minimum atomic E-state index is -0.260. The maximum Gasteiger partial charge on any atom is 0.266 e. The number of aldehydes is 1. The van der Waals surface area contributed by atoms with E-state index in [1.54, 1.807) is 0 Å². The minimum absolute atomic E-state index is 0.116. The first-order valence-corrected chi connectivity index (χ1v) is 7.93. The summed E-state index contributed by atoms with van der Waals surface area (Å²) in [6.45, 7) is 3.00. The van der Waals surface area contributed by atoms with Crippen LogP contribution in [-0.4, -0.2) is 42.7 Å². The Bertz CT molecular complexity index is 516. The molecule has 6 nitrogen and oxygen atoms in total. The number of morpholine rings is 1. The summed E-state index contributed by atoms with van der Waals surface area (Å²) < 4.78 is 10.9. The Morgan fingerprint density at radius 1 is 1.24 bits per heavy atom. The molecule has 1 aromatic heterocycles. The van der Waals surface area contributed by atoms with Gasteiger partial charge in [0.25, 0.3) is 5.95 Å². The number of rotatable bonds is 3. The summed E-state index contributed by atoms with van der Waals surface area (Å²) in [5.74, 6) is 2.14. The summed E-state index contributed by atoms with van der Waals surface area (Å²) in [6.07, 6.45) is 6.46. The SMILES string of the molecule is O=CC12CCC(CC1)CC2c1nc(N2CCOCC2)no1. The van der Waals surface area contributed by atoms with Crippen molar-refractivity contribution in [1.82, 2.24) is 10.1 Å². The van der Waals surface area contributed by atoms with E-state index >= 15 is 0 Å². The Labute approximate surface area is 123 Å². The molecule has 0 N–H and O–H groups in total. The molecule has 0 spiro atoms. The standard InChI is InChI=1S/C15H21N3O3/c19-10-15-3-1-11(2-4-15)9-12(15)13-16-14(17-21-13)18-5-7-20-8-6-18/h10-12H,1-9H2. The predicted octanol–water partition coefficient (Wildman–Crippen LogP) is 1.77. The zero-order chi connectivity index (χ0) is 14.3. The molecule has 114 valence electrons. The molecule has 1 saturated heterocycles. The third-order valence-electron chi connectivity index (χ3n) is 5.56. The monoisotopic (exact) mass is 291 g/mol. The first-order valence-electron chi connectivity index (χ1n) is 7.93. The van der Waals surface area contributed by atoms with E-state index in [1.165, 1.54) is 12.8 Å². The Morgan fingerprint density at radius 2 is 2.00 bits per heavy atom. The van der Waals surface area contributed by atoms with E-state index in [9.17, 15) is 4.79 Å². The largest absolute Gasteiger partial charge is 0.378 e.